The van der Waals surface area contributed by atoms with E-state index in [0.29, 0.717) is 10.7 Å². The van der Waals surface area contributed by atoms with E-state index in [4.69, 9.17) is 9.47 Å². The zero-order valence-electron chi connectivity index (χ0n) is 11.4. The quantitative estimate of drug-likeness (QED) is 0.632. The number of halogens is 2. The van der Waals surface area contributed by atoms with Gasteiger partial charge < -0.3 is 9.47 Å². The van der Waals surface area contributed by atoms with Crippen molar-refractivity contribution < 1.29 is 9.47 Å². The molecule has 0 saturated heterocycles. The van der Waals surface area contributed by atoms with E-state index in [1.54, 1.807) is 14.2 Å². The van der Waals surface area contributed by atoms with Gasteiger partial charge in [0.25, 0.3) is 0 Å². The minimum atomic E-state index is 0.338. The van der Waals surface area contributed by atoms with Crippen LogP contribution in [-0.2, 0) is 0 Å². The van der Waals surface area contributed by atoms with Crippen LogP contribution in [0.25, 0.3) is 0 Å². The number of ether oxygens (including phenoxy) is 2. The largest absolute Gasteiger partial charge is 0.496 e. The highest BCUT2D eigenvalue weighted by atomic mass is 79.9. The molecule has 1 aliphatic carbocycles. The number of methoxy groups -OCH3 is 2. The van der Waals surface area contributed by atoms with E-state index < -0.39 is 0 Å². The molecule has 106 valence electrons. The van der Waals surface area contributed by atoms with Crippen LogP contribution in [0.5, 0.6) is 11.5 Å². The van der Waals surface area contributed by atoms with Gasteiger partial charge >= 0.3 is 0 Å². The molecule has 1 fully saturated rings. The van der Waals surface area contributed by atoms with Crippen molar-refractivity contribution >= 4 is 31.9 Å². The van der Waals surface area contributed by atoms with Gasteiger partial charge in [0.05, 0.1) is 18.7 Å². The second-order valence-corrected chi connectivity index (χ2v) is 6.87. The normalized spacial score (nSPS) is 18.1. The Morgan fingerprint density at radius 1 is 1.05 bits per heavy atom. The maximum Gasteiger partial charge on any atom is 0.133 e. The fourth-order valence-electron chi connectivity index (χ4n) is 2.78. The highest BCUT2D eigenvalue weighted by molar-refractivity contribution is 9.10. The molecule has 4 heteroatoms. The average molecular weight is 392 g/mol. The Morgan fingerprint density at radius 3 is 2.26 bits per heavy atom. The molecule has 1 aromatic rings. The third-order valence-corrected chi connectivity index (χ3v) is 5.73. The van der Waals surface area contributed by atoms with Gasteiger partial charge in [0, 0.05) is 10.4 Å². The lowest BCUT2D eigenvalue weighted by Crippen LogP contribution is -2.13. The summed E-state index contributed by atoms with van der Waals surface area (Å²) >= 11 is 7.38. The Morgan fingerprint density at radius 2 is 1.68 bits per heavy atom. The topological polar surface area (TPSA) is 18.5 Å². The summed E-state index contributed by atoms with van der Waals surface area (Å²) in [5, 5.41) is 0. The number of rotatable bonds is 4. The molecule has 1 aliphatic rings. The van der Waals surface area contributed by atoms with Crippen LogP contribution in [0.3, 0.4) is 0 Å². The molecule has 19 heavy (non-hydrogen) atoms. The Bertz CT molecular complexity index is 428. The second-order valence-electron chi connectivity index (χ2n) is 5.03. The molecule has 0 aromatic heterocycles. The van der Waals surface area contributed by atoms with Crippen molar-refractivity contribution in [1.29, 1.82) is 0 Å². The molecule has 1 aromatic carbocycles. The van der Waals surface area contributed by atoms with E-state index in [-0.39, 0.29) is 0 Å². The smallest absolute Gasteiger partial charge is 0.133 e. The van der Waals surface area contributed by atoms with Crippen molar-refractivity contribution in [1.82, 2.24) is 0 Å². The van der Waals surface area contributed by atoms with Crippen LogP contribution >= 0.6 is 31.9 Å². The highest BCUT2D eigenvalue weighted by Gasteiger charge is 2.26. The molecule has 1 unspecified atom stereocenters. The molecule has 1 saturated carbocycles. The first-order valence-electron chi connectivity index (χ1n) is 6.73. The summed E-state index contributed by atoms with van der Waals surface area (Å²) in [4.78, 5) is 0.338. The van der Waals surface area contributed by atoms with Crippen molar-refractivity contribution in [3.8, 4) is 11.5 Å². The molecule has 0 N–H and O–H groups in total. The minimum Gasteiger partial charge on any atom is -0.496 e. The standard InChI is InChI=1S/C15H20Br2O2/c1-18-13-9-12(16)14(19-2)8-11(13)15(17)10-6-4-3-5-7-10/h8-10,15H,3-7H2,1-2H3. The number of benzene rings is 1. The average Bonchev–Trinajstić information content (AvgIpc) is 2.47. The van der Waals surface area contributed by atoms with Gasteiger partial charge in [0.2, 0.25) is 0 Å². The van der Waals surface area contributed by atoms with Crippen LogP contribution in [0.2, 0.25) is 0 Å². The van der Waals surface area contributed by atoms with Crippen LogP contribution in [0.1, 0.15) is 42.5 Å². The molecule has 0 heterocycles. The van der Waals surface area contributed by atoms with E-state index in [2.05, 4.69) is 37.9 Å². The SMILES string of the molecule is COc1cc(C(Br)C2CCCCC2)c(OC)cc1Br. The molecule has 0 amide bonds. The first-order chi connectivity index (χ1) is 9.17. The summed E-state index contributed by atoms with van der Waals surface area (Å²) < 4.78 is 11.9. The minimum absolute atomic E-state index is 0.338. The third-order valence-electron chi connectivity index (χ3n) is 3.86. The summed E-state index contributed by atoms with van der Waals surface area (Å²) in [6.45, 7) is 0. The predicted octanol–water partition coefficient (Wildman–Crippen LogP) is 5.48. The molecule has 1 atom stereocenters. The zero-order chi connectivity index (χ0) is 13.8. The second kappa shape index (κ2) is 6.98. The maximum absolute atomic E-state index is 5.52. The first kappa shape index (κ1) is 15.2. The van der Waals surface area contributed by atoms with Crippen molar-refractivity contribution in [2.45, 2.75) is 36.9 Å². The van der Waals surface area contributed by atoms with Crippen molar-refractivity contribution in [3.05, 3.63) is 22.2 Å². The van der Waals surface area contributed by atoms with Gasteiger partial charge in [0.15, 0.2) is 0 Å². The molecular weight excluding hydrogens is 372 g/mol. The van der Waals surface area contributed by atoms with Gasteiger partial charge in [-0.3, -0.25) is 0 Å². The van der Waals surface area contributed by atoms with E-state index in [0.717, 1.165) is 16.0 Å². The van der Waals surface area contributed by atoms with Crippen molar-refractivity contribution in [3.63, 3.8) is 0 Å². The summed E-state index contributed by atoms with van der Waals surface area (Å²) in [5.41, 5.74) is 1.19. The van der Waals surface area contributed by atoms with Crippen molar-refractivity contribution in [2.75, 3.05) is 14.2 Å². The highest BCUT2D eigenvalue weighted by Crippen LogP contribution is 2.45. The Hall–Kier alpha value is -0.220. The molecule has 0 bridgehead atoms. The molecule has 0 aliphatic heterocycles. The fourth-order valence-corrected chi connectivity index (χ4v) is 4.15. The lowest BCUT2D eigenvalue weighted by molar-refractivity contribution is 0.344. The van der Waals surface area contributed by atoms with Gasteiger partial charge in [-0.15, -0.1) is 0 Å². The molecule has 2 nitrogen and oxygen atoms in total. The fraction of sp³-hybridized carbons (Fsp3) is 0.600. The first-order valence-corrected chi connectivity index (χ1v) is 8.43. The Balaban J connectivity index is 2.30. The predicted molar refractivity (Wildman–Crippen MR) is 85.5 cm³/mol. The Kier molecular flexibility index (Phi) is 5.58. The van der Waals surface area contributed by atoms with Gasteiger partial charge in [0.1, 0.15) is 11.5 Å². The van der Waals surface area contributed by atoms with E-state index in [1.807, 2.05) is 6.07 Å². The monoisotopic (exact) mass is 390 g/mol. The molecular formula is C15H20Br2O2. The van der Waals surface area contributed by atoms with Crippen LogP contribution in [-0.4, -0.2) is 14.2 Å². The van der Waals surface area contributed by atoms with Gasteiger partial charge in [-0.1, -0.05) is 35.2 Å². The van der Waals surface area contributed by atoms with Crippen LogP contribution in [0, 0.1) is 5.92 Å². The third kappa shape index (κ3) is 3.46. The summed E-state index contributed by atoms with van der Waals surface area (Å²) in [7, 11) is 3.42. The lowest BCUT2D eigenvalue weighted by Gasteiger charge is -2.28. The number of alkyl halides is 1. The van der Waals surface area contributed by atoms with Gasteiger partial charge in [-0.2, -0.15) is 0 Å². The molecule has 2 rings (SSSR count). The lowest BCUT2D eigenvalue weighted by atomic mass is 9.84. The van der Waals surface area contributed by atoms with Crippen LogP contribution < -0.4 is 9.47 Å². The van der Waals surface area contributed by atoms with Gasteiger partial charge in [-0.25, -0.2) is 0 Å². The zero-order valence-corrected chi connectivity index (χ0v) is 14.6. The molecule has 0 spiro atoms. The summed E-state index contributed by atoms with van der Waals surface area (Å²) in [6, 6.07) is 4.07. The van der Waals surface area contributed by atoms with Gasteiger partial charge in [-0.05, 0) is 46.8 Å². The van der Waals surface area contributed by atoms with Crippen LogP contribution in [0.15, 0.2) is 16.6 Å². The Labute approximate surface area is 132 Å². The molecule has 0 radical (unpaired) electrons. The van der Waals surface area contributed by atoms with E-state index in [9.17, 15) is 0 Å². The van der Waals surface area contributed by atoms with E-state index in [1.165, 1.54) is 37.7 Å². The number of hydrogen-bond donors (Lipinski definition) is 0. The number of hydrogen-bond acceptors (Lipinski definition) is 2. The van der Waals surface area contributed by atoms with Crippen molar-refractivity contribution in [2.24, 2.45) is 5.92 Å². The maximum atomic E-state index is 5.52. The summed E-state index contributed by atoms with van der Waals surface area (Å²) in [6.07, 6.45) is 6.62. The summed E-state index contributed by atoms with van der Waals surface area (Å²) in [5.74, 6) is 2.46. The van der Waals surface area contributed by atoms with Crippen LogP contribution in [0.4, 0.5) is 0 Å². The van der Waals surface area contributed by atoms with E-state index >= 15 is 0 Å².